The third-order valence-corrected chi connectivity index (χ3v) is 4.29. The van der Waals surface area contributed by atoms with Crippen LogP contribution >= 0.6 is 0 Å². The van der Waals surface area contributed by atoms with E-state index >= 15 is 0 Å². The zero-order chi connectivity index (χ0) is 10.7. The molecule has 0 aromatic carbocycles. The molecular formula is C14H27N. The number of nitrogens with one attached hydrogen (secondary N) is 1. The Morgan fingerprint density at radius 2 is 2.00 bits per heavy atom. The monoisotopic (exact) mass is 209 g/mol. The lowest BCUT2D eigenvalue weighted by Gasteiger charge is -2.16. The number of hydrogen-bond donors (Lipinski definition) is 1. The summed E-state index contributed by atoms with van der Waals surface area (Å²) in [6.45, 7) is 4.72. The second-order valence-corrected chi connectivity index (χ2v) is 5.87. The standard InChI is InChI=1S/C14H27N/c1-3-5-12-10-14(12)15-13-7-4-6-11(2)8-9-13/h11-15H,3-10H2,1-2H3. The van der Waals surface area contributed by atoms with Crippen molar-refractivity contribution < 1.29 is 0 Å². The van der Waals surface area contributed by atoms with Crippen LogP contribution in [0.25, 0.3) is 0 Å². The molecule has 0 spiro atoms. The van der Waals surface area contributed by atoms with E-state index in [1.807, 2.05) is 0 Å². The molecule has 2 rings (SSSR count). The van der Waals surface area contributed by atoms with Crippen LogP contribution in [0.3, 0.4) is 0 Å². The van der Waals surface area contributed by atoms with E-state index in [4.69, 9.17) is 0 Å². The van der Waals surface area contributed by atoms with Gasteiger partial charge in [-0.05, 0) is 43.9 Å². The minimum absolute atomic E-state index is 0.849. The second kappa shape index (κ2) is 5.34. The van der Waals surface area contributed by atoms with Crippen LogP contribution in [0.4, 0.5) is 0 Å². The maximum atomic E-state index is 3.89. The van der Waals surface area contributed by atoms with Crippen molar-refractivity contribution in [1.82, 2.24) is 5.32 Å². The van der Waals surface area contributed by atoms with E-state index in [1.54, 1.807) is 0 Å². The zero-order valence-electron chi connectivity index (χ0n) is 10.5. The van der Waals surface area contributed by atoms with Gasteiger partial charge in [0.05, 0.1) is 0 Å². The summed E-state index contributed by atoms with van der Waals surface area (Å²) in [6, 6.07) is 1.74. The first-order valence-electron chi connectivity index (χ1n) is 7.05. The highest BCUT2D eigenvalue weighted by Gasteiger charge is 2.37. The molecule has 4 atom stereocenters. The van der Waals surface area contributed by atoms with E-state index in [9.17, 15) is 0 Å². The summed E-state index contributed by atoms with van der Waals surface area (Å²) in [5.74, 6) is 2.00. The average Bonchev–Trinajstić information content (AvgIpc) is 2.95. The van der Waals surface area contributed by atoms with Crippen LogP contribution in [0.15, 0.2) is 0 Å². The van der Waals surface area contributed by atoms with E-state index in [-0.39, 0.29) is 0 Å². The Bertz CT molecular complexity index is 190. The molecule has 2 fully saturated rings. The summed E-state index contributed by atoms with van der Waals surface area (Å²) in [5.41, 5.74) is 0. The molecule has 0 radical (unpaired) electrons. The van der Waals surface area contributed by atoms with Gasteiger partial charge >= 0.3 is 0 Å². The lowest BCUT2D eigenvalue weighted by atomic mass is 10.0. The Morgan fingerprint density at radius 3 is 2.80 bits per heavy atom. The van der Waals surface area contributed by atoms with Gasteiger partial charge in [-0.1, -0.05) is 33.1 Å². The Labute approximate surface area is 95.0 Å². The molecule has 0 aromatic heterocycles. The number of hydrogen-bond acceptors (Lipinski definition) is 1. The van der Waals surface area contributed by atoms with Crippen molar-refractivity contribution in [2.75, 3.05) is 0 Å². The summed E-state index contributed by atoms with van der Waals surface area (Å²) in [7, 11) is 0. The molecule has 0 aliphatic heterocycles. The first kappa shape index (κ1) is 11.4. The lowest BCUT2D eigenvalue weighted by Crippen LogP contribution is -2.31. The fourth-order valence-electron chi connectivity index (χ4n) is 3.10. The fraction of sp³-hybridized carbons (Fsp3) is 1.00. The quantitative estimate of drug-likeness (QED) is 0.696. The van der Waals surface area contributed by atoms with Crippen molar-refractivity contribution in [3.63, 3.8) is 0 Å². The third-order valence-electron chi connectivity index (χ3n) is 4.29. The van der Waals surface area contributed by atoms with Gasteiger partial charge in [0.2, 0.25) is 0 Å². The first-order valence-corrected chi connectivity index (χ1v) is 7.05. The average molecular weight is 209 g/mol. The van der Waals surface area contributed by atoms with Gasteiger partial charge in [-0.2, -0.15) is 0 Å². The molecular weight excluding hydrogens is 182 g/mol. The largest absolute Gasteiger partial charge is 0.311 e. The van der Waals surface area contributed by atoms with Gasteiger partial charge in [0.25, 0.3) is 0 Å². The molecule has 1 N–H and O–H groups in total. The van der Waals surface area contributed by atoms with Crippen LogP contribution in [0.2, 0.25) is 0 Å². The van der Waals surface area contributed by atoms with Crippen LogP contribution in [0.5, 0.6) is 0 Å². The summed E-state index contributed by atoms with van der Waals surface area (Å²) in [6.07, 6.45) is 11.5. The predicted octanol–water partition coefficient (Wildman–Crippen LogP) is 3.73. The van der Waals surface area contributed by atoms with Crippen LogP contribution in [-0.4, -0.2) is 12.1 Å². The molecule has 1 heteroatoms. The van der Waals surface area contributed by atoms with Crippen molar-refractivity contribution in [3.05, 3.63) is 0 Å². The third kappa shape index (κ3) is 3.48. The van der Waals surface area contributed by atoms with E-state index in [0.29, 0.717) is 0 Å². The molecule has 0 bridgehead atoms. The molecule has 15 heavy (non-hydrogen) atoms. The highest BCUT2D eigenvalue weighted by atomic mass is 15.0. The highest BCUT2D eigenvalue weighted by Crippen LogP contribution is 2.36. The maximum Gasteiger partial charge on any atom is 0.0102 e. The number of rotatable bonds is 4. The Kier molecular flexibility index (Phi) is 4.07. The van der Waals surface area contributed by atoms with Crippen LogP contribution in [-0.2, 0) is 0 Å². The fourth-order valence-corrected chi connectivity index (χ4v) is 3.10. The van der Waals surface area contributed by atoms with Crippen molar-refractivity contribution >= 4 is 0 Å². The molecule has 2 aliphatic carbocycles. The Hall–Kier alpha value is -0.0400. The van der Waals surface area contributed by atoms with Crippen LogP contribution < -0.4 is 5.32 Å². The Morgan fingerprint density at radius 1 is 1.13 bits per heavy atom. The van der Waals surface area contributed by atoms with E-state index in [0.717, 1.165) is 23.9 Å². The minimum atomic E-state index is 0.849. The summed E-state index contributed by atoms with van der Waals surface area (Å²) < 4.78 is 0. The van der Waals surface area contributed by atoms with Gasteiger partial charge in [0.1, 0.15) is 0 Å². The van der Waals surface area contributed by atoms with E-state index in [2.05, 4.69) is 19.2 Å². The van der Waals surface area contributed by atoms with Gasteiger partial charge in [-0.15, -0.1) is 0 Å². The molecule has 2 saturated carbocycles. The van der Waals surface area contributed by atoms with Crippen LogP contribution in [0, 0.1) is 11.8 Å². The molecule has 2 aliphatic rings. The van der Waals surface area contributed by atoms with Crippen molar-refractivity contribution in [2.45, 2.75) is 77.3 Å². The second-order valence-electron chi connectivity index (χ2n) is 5.87. The minimum Gasteiger partial charge on any atom is -0.311 e. The van der Waals surface area contributed by atoms with Crippen LogP contribution in [0.1, 0.15) is 65.2 Å². The van der Waals surface area contributed by atoms with Gasteiger partial charge in [-0.25, -0.2) is 0 Å². The van der Waals surface area contributed by atoms with Gasteiger partial charge < -0.3 is 5.32 Å². The van der Waals surface area contributed by atoms with Gasteiger partial charge in [0, 0.05) is 12.1 Å². The molecule has 0 saturated heterocycles. The molecule has 4 unspecified atom stereocenters. The smallest absolute Gasteiger partial charge is 0.0102 e. The predicted molar refractivity (Wildman–Crippen MR) is 66.0 cm³/mol. The molecule has 88 valence electrons. The molecule has 1 nitrogen and oxygen atoms in total. The molecule has 0 heterocycles. The highest BCUT2D eigenvalue weighted by molar-refractivity contribution is 4.94. The van der Waals surface area contributed by atoms with E-state index in [1.165, 1.54) is 51.4 Å². The summed E-state index contributed by atoms with van der Waals surface area (Å²) in [4.78, 5) is 0. The summed E-state index contributed by atoms with van der Waals surface area (Å²) >= 11 is 0. The van der Waals surface area contributed by atoms with Crippen molar-refractivity contribution in [3.8, 4) is 0 Å². The maximum absolute atomic E-state index is 3.89. The van der Waals surface area contributed by atoms with Crippen molar-refractivity contribution in [2.24, 2.45) is 11.8 Å². The zero-order valence-corrected chi connectivity index (χ0v) is 10.5. The van der Waals surface area contributed by atoms with E-state index < -0.39 is 0 Å². The Balaban J connectivity index is 1.67. The summed E-state index contributed by atoms with van der Waals surface area (Å²) in [5, 5.41) is 3.89. The molecule has 0 aromatic rings. The topological polar surface area (TPSA) is 12.0 Å². The van der Waals surface area contributed by atoms with Crippen molar-refractivity contribution in [1.29, 1.82) is 0 Å². The SMILES string of the molecule is CCCC1CC1NC1CCCC(C)CC1. The first-order chi connectivity index (χ1) is 7.29. The normalized spacial score (nSPS) is 41.2. The van der Waals surface area contributed by atoms with Gasteiger partial charge in [0.15, 0.2) is 0 Å². The van der Waals surface area contributed by atoms with Gasteiger partial charge in [-0.3, -0.25) is 0 Å². The molecule has 0 amide bonds. The lowest BCUT2D eigenvalue weighted by molar-refractivity contribution is 0.432.